The second-order valence-electron chi connectivity index (χ2n) is 3.63. The van der Waals surface area contributed by atoms with Gasteiger partial charge in [0.1, 0.15) is 11.5 Å². The van der Waals surface area contributed by atoms with E-state index in [4.69, 9.17) is 19.9 Å². The van der Waals surface area contributed by atoms with E-state index in [2.05, 4.69) is 0 Å². The third-order valence-electron chi connectivity index (χ3n) is 2.43. The number of nitrogens with two attached hydrogens (primary N) is 1. The zero-order valence-electron chi connectivity index (χ0n) is 10.5. The first-order valence-corrected chi connectivity index (χ1v) is 5.88. The molecule has 1 rings (SSSR count). The molecule has 0 bridgehead atoms. The van der Waals surface area contributed by atoms with Gasteiger partial charge in [0.05, 0.1) is 19.8 Å². The lowest BCUT2D eigenvalue weighted by molar-refractivity contribution is 0.0527. The largest absolute Gasteiger partial charge is 0.497 e. The van der Waals surface area contributed by atoms with Crippen molar-refractivity contribution in [1.82, 2.24) is 0 Å². The average molecular weight is 239 g/mol. The molecule has 0 aliphatic rings. The van der Waals surface area contributed by atoms with Crippen LogP contribution in [0, 0.1) is 0 Å². The molecule has 4 nitrogen and oxygen atoms in total. The van der Waals surface area contributed by atoms with Gasteiger partial charge in [0, 0.05) is 19.6 Å². The van der Waals surface area contributed by atoms with Crippen LogP contribution in [0.1, 0.15) is 13.3 Å². The highest BCUT2D eigenvalue weighted by Gasteiger charge is 2.05. The van der Waals surface area contributed by atoms with Crippen LogP contribution >= 0.6 is 0 Å². The molecular formula is C13H21NO3. The quantitative estimate of drug-likeness (QED) is 0.752. The van der Waals surface area contributed by atoms with Gasteiger partial charge >= 0.3 is 0 Å². The Balaban J connectivity index is 2.29. The Bertz CT molecular complexity index is 300. The Morgan fingerprint density at radius 3 is 2.35 bits per heavy atom. The number of hydrogen-bond acceptors (Lipinski definition) is 4. The summed E-state index contributed by atoms with van der Waals surface area (Å²) in [6.45, 7) is 3.78. The molecule has 0 aliphatic carbocycles. The second-order valence-corrected chi connectivity index (χ2v) is 3.63. The molecule has 0 saturated carbocycles. The van der Waals surface area contributed by atoms with Crippen LogP contribution in [-0.4, -0.2) is 33.0 Å². The van der Waals surface area contributed by atoms with Gasteiger partial charge in [0.2, 0.25) is 0 Å². The van der Waals surface area contributed by atoms with E-state index in [9.17, 15) is 0 Å². The minimum absolute atomic E-state index is 0.0817. The number of methoxy groups -OCH3 is 1. The number of hydrogen-bond donors (Lipinski definition) is 1. The highest BCUT2D eigenvalue weighted by atomic mass is 16.5. The summed E-state index contributed by atoms with van der Waals surface area (Å²) in [5.74, 6) is 1.66. The van der Waals surface area contributed by atoms with Crippen molar-refractivity contribution in [2.45, 2.75) is 19.4 Å². The molecule has 0 radical (unpaired) electrons. The van der Waals surface area contributed by atoms with Crippen molar-refractivity contribution >= 4 is 0 Å². The smallest absolute Gasteiger partial charge is 0.119 e. The average Bonchev–Trinajstić information content (AvgIpc) is 2.38. The standard InChI is InChI=1S/C13H21NO3/c1-3-16-13(10-14)8-9-17-12-6-4-11(15-2)5-7-12/h4-7,13H,3,8-10,14H2,1-2H3. The van der Waals surface area contributed by atoms with Crippen molar-refractivity contribution < 1.29 is 14.2 Å². The van der Waals surface area contributed by atoms with Crippen LogP contribution in [0.3, 0.4) is 0 Å². The molecular weight excluding hydrogens is 218 g/mol. The zero-order valence-corrected chi connectivity index (χ0v) is 10.5. The van der Waals surface area contributed by atoms with E-state index in [1.165, 1.54) is 0 Å². The summed E-state index contributed by atoms with van der Waals surface area (Å²) >= 11 is 0. The second kappa shape index (κ2) is 7.92. The molecule has 2 N–H and O–H groups in total. The summed E-state index contributed by atoms with van der Waals surface area (Å²) in [4.78, 5) is 0. The molecule has 0 aliphatic heterocycles. The van der Waals surface area contributed by atoms with Gasteiger partial charge < -0.3 is 19.9 Å². The fourth-order valence-electron chi connectivity index (χ4n) is 1.49. The van der Waals surface area contributed by atoms with E-state index in [-0.39, 0.29) is 6.10 Å². The first-order valence-electron chi connectivity index (χ1n) is 5.88. The van der Waals surface area contributed by atoms with Crippen molar-refractivity contribution in [2.24, 2.45) is 5.73 Å². The Hall–Kier alpha value is -1.26. The normalized spacial score (nSPS) is 12.2. The number of rotatable bonds is 8. The molecule has 96 valence electrons. The maximum atomic E-state index is 5.59. The lowest BCUT2D eigenvalue weighted by atomic mass is 10.2. The molecule has 17 heavy (non-hydrogen) atoms. The van der Waals surface area contributed by atoms with Gasteiger partial charge in [0.15, 0.2) is 0 Å². The van der Waals surface area contributed by atoms with E-state index in [0.717, 1.165) is 17.9 Å². The molecule has 1 aromatic carbocycles. The van der Waals surface area contributed by atoms with Gasteiger partial charge in [-0.3, -0.25) is 0 Å². The maximum absolute atomic E-state index is 5.59. The summed E-state index contributed by atoms with van der Waals surface area (Å²) in [6.07, 6.45) is 0.884. The van der Waals surface area contributed by atoms with Gasteiger partial charge in [-0.25, -0.2) is 0 Å². The van der Waals surface area contributed by atoms with Crippen LogP contribution in [0.5, 0.6) is 11.5 Å². The fourth-order valence-corrected chi connectivity index (χ4v) is 1.49. The molecule has 0 aromatic heterocycles. The molecule has 1 atom stereocenters. The number of ether oxygens (including phenoxy) is 3. The first-order chi connectivity index (χ1) is 8.30. The fraction of sp³-hybridized carbons (Fsp3) is 0.538. The summed E-state index contributed by atoms with van der Waals surface area (Å²) in [5.41, 5.74) is 5.58. The molecule has 1 unspecified atom stereocenters. The Kier molecular flexibility index (Phi) is 6.43. The molecule has 1 aromatic rings. The molecule has 0 heterocycles. The van der Waals surface area contributed by atoms with E-state index in [0.29, 0.717) is 19.8 Å². The van der Waals surface area contributed by atoms with Crippen LogP contribution in [0.25, 0.3) is 0 Å². The van der Waals surface area contributed by atoms with E-state index in [1.807, 2.05) is 31.2 Å². The van der Waals surface area contributed by atoms with Crippen LogP contribution in [-0.2, 0) is 4.74 Å². The van der Waals surface area contributed by atoms with Gasteiger partial charge in [-0.1, -0.05) is 0 Å². The van der Waals surface area contributed by atoms with E-state index >= 15 is 0 Å². The minimum atomic E-state index is 0.0817. The highest BCUT2D eigenvalue weighted by Crippen LogP contribution is 2.17. The monoisotopic (exact) mass is 239 g/mol. The van der Waals surface area contributed by atoms with Crippen LogP contribution in [0.15, 0.2) is 24.3 Å². The van der Waals surface area contributed by atoms with Crippen molar-refractivity contribution in [3.63, 3.8) is 0 Å². The Labute approximate surface area is 103 Å². The summed E-state index contributed by atoms with van der Waals surface area (Å²) < 4.78 is 16.1. The Morgan fingerprint density at radius 2 is 1.82 bits per heavy atom. The third kappa shape index (κ3) is 5.06. The highest BCUT2D eigenvalue weighted by molar-refractivity contribution is 5.31. The lowest BCUT2D eigenvalue weighted by Gasteiger charge is -2.15. The molecule has 0 saturated heterocycles. The van der Waals surface area contributed by atoms with Crippen molar-refractivity contribution in [3.8, 4) is 11.5 Å². The van der Waals surface area contributed by atoms with Gasteiger partial charge in [-0.05, 0) is 31.2 Å². The molecule has 0 amide bonds. The molecule has 0 fully saturated rings. The zero-order chi connectivity index (χ0) is 12.5. The van der Waals surface area contributed by atoms with Gasteiger partial charge in [-0.15, -0.1) is 0 Å². The van der Waals surface area contributed by atoms with Crippen LogP contribution < -0.4 is 15.2 Å². The lowest BCUT2D eigenvalue weighted by Crippen LogP contribution is -2.25. The predicted molar refractivity (Wildman–Crippen MR) is 67.6 cm³/mol. The maximum Gasteiger partial charge on any atom is 0.119 e. The summed E-state index contributed by atoms with van der Waals surface area (Å²) in [7, 11) is 1.64. The Morgan fingerprint density at radius 1 is 1.18 bits per heavy atom. The molecule has 0 spiro atoms. The van der Waals surface area contributed by atoms with Gasteiger partial charge in [-0.2, -0.15) is 0 Å². The van der Waals surface area contributed by atoms with Crippen molar-refractivity contribution in [2.75, 3.05) is 26.9 Å². The predicted octanol–water partition coefficient (Wildman–Crippen LogP) is 1.83. The summed E-state index contributed by atoms with van der Waals surface area (Å²) in [6, 6.07) is 7.52. The summed E-state index contributed by atoms with van der Waals surface area (Å²) in [5, 5.41) is 0. The third-order valence-corrected chi connectivity index (χ3v) is 2.43. The first kappa shape index (κ1) is 13.8. The van der Waals surface area contributed by atoms with Crippen molar-refractivity contribution in [3.05, 3.63) is 24.3 Å². The van der Waals surface area contributed by atoms with Crippen molar-refractivity contribution in [1.29, 1.82) is 0 Å². The molecule has 4 heteroatoms. The van der Waals surface area contributed by atoms with E-state index in [1.54, 1.807) is 7.11 Å². The minimum Gasteiger partial charge on any atom is -0.497 e. The van der Waals surface area contributed by atoms with E-state index < -0.39 is 0 Å². The SMILES string of the molecule is CCOC(CN)CCOc1ccc(OC)cc1. The topological polar surface area (TPSA) is 53.7 Å². The number of benzene rings is 1. The van der Waals surface area contributed by atoms with Crippen LogP contribution in [0.4, 0.5) is 0 Å². The van der Waals surface area contributed by atoms with Gasteiger partial charge in [0.25, 0.3) is 0 Å². The van der Waals surface area contributed by atoms with Crippen LogP contribution in [0.2, 0.25) is 0 Å².